The van der Waals surface area contributed by atoms with E-state index in [1.165, 1.54) is 0 Å². The SMILES string of the molecule is Cc1cc(C)cc(N(C)C(=O)CCCCO)c1. The van der Waals surface area contributed by atoms with E-state index in [4.69, 9.17) is 5.11 Å². The van der Waals surface area contributed by atoms with E-state index in [1.54, 1.807) is 11.9 Å². The number of unbranched alkanes of at least 4 members (excludes halogenated alkanes) is 1. The van der Waals surface area contributed by atoms with Gasteiger partial charge in [-0.2, -0.15) is 0 Å². The fourth-order valence-electron chi connectivity index (χ4n) is 1.84. The third-order valence-corrected chi connectivity index (χ3v) is 2.77. The Labute approximate surface area is 103 Å². The highest BCUT2D eigenvalue weighted by molar-refractivity contribution is 5.92. The van der Waals surface area contributed by atoms with Crippen molar-refractivity contribution in [2.45, 2.75) is 33.1 Å². The first kappa shape index (κ1) is 13.7. The first-order chi connectivity index (χ1) is 8.04. The molecule has 0 saturated carbocycles. The number of aliphatic hydroxyl groups is 1. The third-order valence-electron chi connectivity index (χ3n) is 2.77. The predicted molar refractivity (Wildman–Crippen MR) is 70.3 cm³/mol. The Morgan fingerprint density at radius 3 is 2.29 bits per heavy atom. The molecule has 1 amide bonds. The molecule has 0 spiro atoms. The molecule has 0 unspecified atom stereocenters. The maximum atomic E-state index is 11.9. The number of hydrogen-bond donors (Lipinski definition) is 1. The summed E-state index contributed by atoms with van der Waals surface area (Å²) in [6.07, 6.45) is 1.92. The van der Waals surface area contributed by atoms with Gasteiger partial charge in [0.25, 0.3) is 0 Å². The molecule has 94 valence electrons. The lowest BCUT2D eigenvalue weighted by Gasteiger charge is -2.18. The molecule has 0 atom stereocenters. The highest BCUT2D eigenvalue weighted by Crippen LogP contribution is 2.18. The molecule has 1 aromatic carbocycles. The smallest absolute Gasteiger partial charge is 0.226 e. The van der Waals surface area contributed by atoms with Crippen LogP contribution in [-0.2, 0) is 4.79 Å². The largest absolute Gasteiger partial charge is 0.396 e. The first-order valence-corrected chi connectivity index (χ1v) is 6.00. The Bertz CT molecular complexity index is 368. The molecular weight excluding hydrogens is 214 g/mol. The van der Waals surface area contributed by atoms with Crippen LogP contribution in [0, 0.1) is 13.8 Å². The van der Waals surface area contributed by atoms with Crippen molar-refractivity contribution in [3.05, 3.63) is 29.3 Å². The fraction of sp³-hybridized carbons (Fsp3) is 0.500. The van der Waals surface area contributed by atoms with Crippen LogP contribution in [0.3, 0.4) is 0 Å². The Balaban J connectivity index is 2.67. The van der Waals surface area contributed by atoms with Gasteiger partial charge in [-0.1, -0.05) is 6.07 Å². The second kappa shape index (κ2) is 6.40. The predicted octanol–water partition coefficient (Wildman–Crippen LogP) is 2.43. The molecule has 0 aliphatic heterocycles. The summed E-state index contributed by atoms with van der Waals surface area (Å²) >= 11 is 0. The quantitative estimate of drug-likeness (QED) is 0.796. The molecule has 0 heterocycles. The Morgan fingerprint density at radius 2 is 1.76 bits per heavy atom. The van der Waals surface area contributed by atoms with Crippen LogP contribution < -0.4 is 4.90 Å². The van der Waals surface area contributed by atoms with Gasteiger partial charge in [-0.25, -0.2) is 0 Å². The minimum absolute atomic E-state index is 0.100. The molecule has 3 nitrogen and oxygen atoms in total. The number of carbonyl (C=O) groups excluding carboxylic acids is 1. The lowest BCUT2D eigenvalue weighted by Crippen LogP contribution is -2.26. The molecule has 0 aliphatic carbocycles. The van der Waals surface area contributed by atoms with Crippen molar-refractivity contribution in [2.24, 2.45) is 0 Å². The lowest BCUT2D eigenvalue weighted by molar-refractivity contribution is -0.118. The van der Waals surface area contributed by atoms with Gasteiger partial charge in [0.1, 0.15) is 0 Å². The summed E-state index contributed by atoms with van der Waals surface area (Å²) in [6, 6.07) is 6.11. The molecule has 1 rings (SSSR count). The molecule has 0 aliphatic rings. The Hall–Kier alpha value is -1.35. The van der Waals surface area contributed by atoms with Crippen molar-refractivity contribution < 1.29 is 9.90 Å². The van der Waals surface area contributed by atoms with Crippen LogP contribution in [0.4, 0.5) is 5.69 Å². The molecule has 1 aromatic rings. The number of amides is 1. The summed E-state index contributed by atoms with van der Waals surface area (Å²) in [6.45, 7) is 4.21. The average Bonchev–Trinajstić information content (AvgIpc) is 2.27. The molecule has 0 bridgehead atoms. The van der Waals surface area contributed by atoms with Crippen molar-refractivity contribution in [2.75, 3.05) is 18.6 Å². The van der Waals surface area contributed by atoms with Crippen molar-refractivity contribution in [1.82, 2.24) is 0 Å². The number of anilines is 1. The summed E-state index contributed by atoms with van der Waals surface area (Å²) in [5.41, 5.74) is 3.27. The van der Waals surface area contributed by atoms with Crippen LogP contribution in [-0.4, -0.2) is 24.7 Å². The maximum Gasteiger partial charge on any atom is 0.226 e. The topological polar surface area (TPSA) is 40.5 Å². The van der Waals surface area contributed by atoms with Crippen molar-refractivity contribution >= 4 is 11.6 Å². The van der Waals surface area contributed by atoms with E-state index in [-0.39, 0.29) is 12.5 Å². The molecule has 17 heavy (non-hydrogen) atoms. The summed E-state index contributed by atoms with van der Waals surface area (Å²) < 4.78 is 0. The molecule has 1 N–H and O–H groups in total. The van der Waals surface area contributed by atoms with Gasteiger partial charge in [0, 0.05) is 25.8 Å². The van der Waals surface area contributed by atoms with Crippen LogP contribution in [0.1, 0.15) is 30.4 Å². The van der Waals surface area contributed by atoms with E-state index in [2.05, 4.69) is 6.07 Å². The molecular formula is C14H21NO2. The van der Waals surface area contributed by atoms with Gasteiger partial charge in [0.05, 0.1) is 0 Å². The molecule has 0 aromatic heterocycles. The van der Waals surface area contributed by atoms with E-state index in [0.717, 1.165) is 23.2 Å². The minimum Gasteiger partial charge on any atom is -0.396 e. The highest BCUT2D eigenvalue weighted by atomic mass is 16.3. The van der Waals surface area contributed by atoms with E-state index in [1.807, 2.05) is 26.0 Å². The summed E-state index contributed by atoms with van der Waals surface area (Å²) in [5, 5.41) is 8.68. The van der Waals surface area contributed by atoms with Crippen molar-refractivity contribution in [3.8, 4) is 0 Å². The highest BCUT2D eigenvalue weighted by Gasteiger charge is 2.10. The zero-order valence-corrected chi connectivity index (χ0v) is 10.9. The van der Waals surface area contributed by atoms with Gasteiger partial charge in [-0.15, -0.1) is 0 Å². The number of carbonyl (C=O) groups is 1. The van der Waals surface area contributed by atoms with Gasteiger partial charge >= 0.3 is 0 Å². The normalized spacial score (nSPS) is 10.4. The molecule has 0 radical (unpaired) electrons. The van der Waals surface area contributed by atoms with Gasteiger partial charge in [0.15, 0.2) is 0 Å². The average molecular weight is 235 g/mol. The second-order valence-electron chi connectivity index (χ2n) is 4.48. The van der Waals surface area contributed by atoms with Crippen molar-refractivity contribution in [3.63, 3.8) is 0 Å². The first-order valence-electron chi connectivity index (χ1n) is 6.00. The maximum absolute atomic E-state index is 11.9. The van der Waals surface area contributed by atoms with E-state index < -0.39 is 0 Å². The van der Waals surface area contributed by atoms with Crippen molar-refractivity contribution in [1.29, 1.82) is 0 Å². The fourth-order valence-corrected chi connectivity index (χ4v) is 1.84. The van der Waals surface area contributed by atoms with Gasteiger partial charge in [-0.05, 0) is 49.9 Å². The number of hydrogen-bond acceptors (Lipinski definition) is 2. The molecule has 0 saturated heterocycles. The Kier molecular flexibility index (Phi) is 5.16. The zero-order chi connectivity index (χ0) is 12.8. The van der Waals surface area contributed by atoms with Gasteiger partial charge in [0.2, 0.25) is 5.91 Å². The zero-order valence-electron chi connectivity index (χ0n) is 10.9. The number of nitrogens with zero attached hydrogens (tertiary/aromatic N) is 1. The summed E-state index contributed by atoms with van der Waals surface area (Å²) in [7, 11) is 1.80. The minimum atomic E-state index is 0.100. The Morgan fingerprint density at radius 1 is 1.18 bits per heavy atom. The number of rotatable bonds is 5. The van der Waals surface area contributed by atoms with Crippen LogP contribution in [0.2, 0.25) is 0 Å². The van der Waals surface area contributed by atoms with Crippen LogP contribution >= 0.6 is 0 Å². The summed E-state index contributed by atoms with van der Waals surface area (Å²) in [5.74, 6) is 0.100. The third kappa shape index (κ3) is 4.19. The molecule has 0 fully saturated rings. The van der Waals surface area contributed by atoms with E-state index in [9.17, 15) is 4.79 Å². The second-order valence-corrected chi connectivity index (χ2v) is 4.48. The number of aryl methyl sites for hydroxylation is 2. The number of benzene rings is 1. The van der Waals surface area contributed by atoms with Gasteiger partial charge in [-0.3, -0.25) is 4.79 Å². The van der Waals surface area contributed by atoms with Gasteiger partial charge < -0.3 is 10.0 Å². The lowest BCUT2D eigenvalue weighted by atomic mass is 10.1. The number of aliphatic hydroxyl groups excluding tert-OH is 1. The van der Waals surface area contributed by atoms with Crippen LogP contribution in [0.5, 0.6) is 0 Å². The van der Waals surface area contributed by atoms with E-state index >= 15 is 0 Å². The van der Waals surface area contributed by atoms with Crippen LogP contribution in [0.25, 0.3) is 0 Å². The summed E-state index contributed by atoms with van der Waals surface area (Å²) in [4.78, 5) is 13.6. The van der Waals surface area contributed by atoms with E-state index in [0.29, 0.717) is 12.8 Å². The monoisotopic (exact) mass is 235 g/mol. The standard InChI is InChI=1S/C14H21NO2/c1-11-8-12(2)10-13(9-11)15(3)14(17)6-4-5-7-16/h8-10,16H,4-7H2,1-3H3. The molecule has 3 heteroatoms. The van der Waals surface area contributed by atoms with Crippen LogP contribution in [0.15, 0.2) is 18.2 Å².